The number of nitrogens with one attached hydrogen (secondary N) is 1. The molecule has 128 valence electrons. The Morgan fingerprint density at radius 2 is 1.83 bits per heavy atom. The highest BCUT2D eigenvalue weighted by atomic mass is 19.1. The lowest BCUT2D eigenvalue weighted by Gasteiger charge is -2.24. The molecule has 2 aromatic rings. The maximum absolute atomic E-state index is 13.7. The van der Waals surface area contributed by atoms with E-state index in [1.165, 1.54) is 17.7 Å². The van der Waals surface area contributed by atoms with Gasteiger partial charge in [-0.2, -0.15) is 0 Å². The Morgan fingerprint density at radius 3 is 2.46 bits per heavy atom. The average molecular weight is 332 g/mol. The third-order valence-corrected chi connectivity index (χ3v) is 4.06. The molecule has 1 unspecified atom stereocenters. The third kappa shape index (κ3) is 4.86. The van der Waals surface area contributed by atoms with Gasteiger partial charge in [-0.05, 0) is 32.5 Å². The van der Waals surface area contributed by atoms with E-state index in [1.54, 1.807) is 18.9 Å². The summed E-state index contributed by atoms with van der Waals surface area (Å²) in [6.45, 7) is 4.44. The van der Waals surface area contributed by atoms with Gasteiger partial charge in [-0.25, -0.2) is 8.78 Å². The Morgan fingerprint density at radius 1 is 1.17 bits per heavy atom. The summed E-state index contributed by atoms with van der Waals surface area (Å²) < 4.78 is 26.7. The number of hydrogen-bond donors (Lipinski definition) is 1. The Labute approximate surface area is 141 Å². The summed E-state index contributed by atoms with van der Waals surface area (Å²) in [4.78, 5) is 14.0. The molecule has 0 radical (unpaired) electrons. The molecule has 1 N–H and O–H groups in total. The standard InChI is InChI=1S/C19H22F2N2O/c1-13-4-6-15(7-5-13)11-22-19(24)14(2)23(3)12-16-8-9-17(20)10-18(16)21/h4-10,14H,11-12H2,1-3H3,(H,22,24). The molecule has 2 aromatic carbocycles. The zero-order valence-electron chi connectivity index (χ0n) is 14.1. The Hall–Kier alpha value is -2.27. The number of carbonyl (C=O) groups is 1. The predicted molar refractivity (Wildman–Crippen MR) is 90.3 cm³/mol. The van der Waals surface area contributed by atoms with Crippen molar-refractivity contribution in [1.29, 1.82) is 0 Å². The summed E-state index contributed by atoms with van der Waals surface area (Å²) in [5, 5.41) is 2.87. The van der Waals surface area contributed by atoms with Gasteiger partial charge in [0.1, 0.15) is 11.6 Å². The van der Waals surface area contributed by atoms with Crippen LogP contribution in [0.5, 0.6) is 0 Å². The van der Waals surface area contributed by atoms with Gasteiger partial charge in [-0.3, -0.25) is 9.69 Å². The fraction of sp³-hybridized carbons (Fsp3) is 0.316. The fourth-order valence-electron chi connectivity index (χ4n) is 2.30. The summed E-state index contributed by atoms with van der Waals surface area (Å²) in [6.07, 6.45) is 0. The molecular weight excluding hydrogens is 310 g/mol. The second-order valence-corrected chi connectivity index (χ2v) is 6.03. The molecule has 0 fully saturated rings. The van der Waals surface area contributed by atoms with Gasteiger partial charge in [0.05, 0.1) is 6.04 Å². The number of benzene rings is 2. The van der Waals surface area contributed by atoms with Crippen LogP contribution in [0.1, 0.15) is 23.6 Å². The number of amides is 1. The number of rotatable bonds is 6. The summed E-state index contributed by atoms with van der Waals surface area (Å²) in [5.74, 6) is -1.35. The lowest BCUT2D eigenvalue weighted by molar-refractivity contribution is -0.125. The minimum absolute atomic E-state index is 0.138. The molecule has 0 saturated carbocycles. The van der Waals surface area contributed by atoms with Crippen molar-refractivity contribution in [3.05, 3.63) is 70.8 Å². The van der Waals surface area contributed by atoms with Crippen molar-refractivity contribution in [1.82, 2.24) is 10.2 Å². The normalized spacial score (nSPS) is 12.2. The molecule has 0 spiro atoms. The fourth-order valence-corrected chi connectivity index (χ4v) is 2.30. The summed E-state index contributed by atoms with van der Waals surface area (Å²) >= 11 is 0. The molecule has 1 atom stereocenters. The third-order valence-electron chi connectivity index (χ3n) is 4.06. The quantitative estimate of drug-likeness (QED) is 0.879. The van der Waals surface area contributed by atoms with Crippen LogP contribution >= 0.6 is 0 Å². The first-order chi connectivity index (χ1) is 11.4. The van der Waals surface area contributed by atoms with Crippen LogP contribution in [0.3, 0.4) is 0 Å². The van der Waals surface area contributed by atoms with E-state index in [1.807, 2.05) is 31.2 Å². The van der Waals surface area contributed by atoms with E-state index >= 15 is 0 Å². The van der Waals surface area contributed by atoms with E-state index in [4.69, 9.17) is 0 Å². The minimum atomic E-state index is -0.609. The van der Waals surface area contributed by atoms with Gasteiger partial charge < -0.3 is 5.32 Å². The lowest BCUT2D eigenvalue weighted by Crippen LogP contribution is -2.42. The maximum Gasteiger partial charge on any atom is 0.237 e. The van der Waals surface area contributed by atoms with E-state index in [9.17, 15) is 13.6 Å². The molecule has 5 heteroatoms. The van der Waals surface area contributed by atoms with Crippen LogP contribution in [0.2, 0.25) is 0 Å². The van der Waals surface area contributed by atoms with Crippen molar-refractivity contribution in [2.45, 2.75) is 33.0 Å². The second-order valence-electron chi connectivity index (χ2n) is 6.03. The van der Waals surface area contributed by atoms with Gasteiger partial charge in [0.15, 0.2) is 0 Å². The largest absolute Gasteiger partial charge is 0.351 e. The van der Waals surface area contributed by atoms with Gasteiger partial charge in [0.25, 0.3) is 0 Å². The van der Waals surface area contributed by atoms with E-state index in [0.29, 0.717) is 12.1 Å². The Balaban J connectivity index is 1.90. The second kappa shape index (κ2) is 8.02. The topological polar surface area (TPSA) is 32.3 Å². The number of nitrogens with zero attached hydrogens (tertiary/aromatic N) is 1. The van der Waals surface area contributed by atoms with E-state index in [-0.39, 0.29) is 12.5 Å². The smallest absolute Gasteiger partial charge is 0.237 e. The highest BCUT2D eigenvalue weighted by Crippen LogP contribution is 2.13. The zero-order chi connectivity index (χ0) is 17.7. The molecule has 3 nitrogen and oxygen atoms in total. The first kappa shape index (κ1) is 18.1. The molecule has 0 heterocycles. The van der Waals surface area contributed by atoms with Crippen molar-refractivity contribution in [2.75, 3.05) is 7.05 Å². The van der Waals surface area contributed by atoms with Crippen LogP contribution in [0.4, 0.5) is 8.78 Å². The SMILES string of the molecule is Cc1ccc(CNC(=O)C(C)N(C)Cc2ccc(F)cc2F)cc1. The zero-order valence-corrected chi connectivity index (χ0v) is 14.1. The number of halogens is 2. The van der Waals surface area contributed by atoms with Crippen LogP contribution in [0, 0.1) is 18.6 Å². The summed E-state index contributed by atoms with van der Waals surface area (Å²) in [7, 11) is 1.74. The molecule has 2 rings (SSSR count). The van der Waals surface area contributed by atoms with E-state index < -0.39 is 17.7 Å². The number of hydrogen-bond acceptors (Lipinski definition) is 2. The average Bonchev–Trinajstić information content (AvgIpc) is 2.55. The van der Waals surface area contributed by atoms with Crippen LogP contribution in [-0.2, 0) is 17.9 Å². The van der Waals surface area contributed by atoms with Gasteiger partial charge in [0.2, 0.25) is 5.91 Å². The van der Waals surface area contributed by atoms with E-state index in [2.05, 4.69) is 5.32 Å². The van der Waals surface area contributed by atoms with Gasteiger partial charge in [-0.15, -0.1) is 0 Å². The van der Waals surface area contributed by atoms with Crippen molar-refractivity contribution < 1.29 is 13.6 Å². The van der Waals surface area contributed by atoms with Crippen LogP contribution in [0.25, 0.3) is 0 Å². The van der Waals surface area contributed by atoms with Gasteiger partial charge in [-0.1, -0.05) is 35.9 Å². The first-order valence-electron chi connectivity index (χ1n) is 7.84. The minimum Gasteiger partial charge on any atom is -0.351 e. The van der Waals surface area contributed by atoms with Crippen LogP contribution in [-0.4, -0.2) is 23.9 Å². The molecule has 1 amide bonds. The van der Waals surface area contributed by atoms with Gasteiger partial charge in [0, 0.05) is 24.7 Å². The predicted octanol–water partition coefficient (Wildman–Crippen LogP) is 3.41. The van der Waals surface area contributed by atoms with E-state index in [0.717, 1.165) is 11.6 Å². The molecule has 0 aliphatic rings. The van der Waals surface area contributed by atoms with Crippen LogP contribution in [0.15, 0.2) is 42.5 Å². The lowest BCUT2D eigenvalue weighted by atomic mass is 10.1. The molecule has 24 heavy (non-hydrogen) atoms. The monoisotopic (exact) mass is 332 g/mol. The van der Waals surface area contributed by atoms with Crippen molar-refractivity contribution in [3.8, 4) is 0 Å². The Bertz CT molecular complexity index is 701. The van der Waals surface area contributed by atoms with Crippen molar-refractivity contribution >= 4 is 5.91 Å². The number of aryl methyl sites for hydroxylation is 1. The molecule has 0 aliphatic heterocycles. The molecule has 0 bridgehead atoms. The molecule has 0 saturated heterocycles. The maximum atomic E-state index is 13.7. The van der Waals surface area contributed by atoms with Crippen molar-refractivity contribution in [3.63, 3.8) is 0 Å². The van der Waals surface area contributed by atoms with Gasteiger partial charge >= 0.3 is 0 Å². The molecule has 0 aromatic heterocycles. The highest BCUT2D eigenvalue weighted by Gasteiger charge is 2.19. The Kier molecular flexibility index (Phi) is 6.04. The highest BCUT2D eigenvalue weighted by molar-refractivity contribution is 5.81. The first-order valence-corrected chi connectivity index (χ1v) is 7.84. The molecular formula is C19H22F2N2O. The summed E-state index contributed by atoms with van der Waals surface area (Å²) in [5.41, 5.74) is 2.55. The van der Waals surface area contributed by atoms with Crippen molar-refractivity contribution in [2.24, 2.45) is 0 Å². The van der Waals surface area contributed by atoms with Crippen LogP contribution < -0.4 is 5.32 Å². The number of likely N-dealkylation sites (N-methyl/N-ethyl adjacent to an activating group) is 1. The summed E-state index contributed by atoms with van der Waals surface area (Å²) in [6, 6.07) is 11.0. The molecule has 0 aliphatic carbocycles. The number of carbonyl (C=O) groups excluding carboxylic acids is 1.